The highest BCUT2D eigenvalue weighted by molar-refractivity contribution is 6.02. The van der Waals surface area contributed by atoms with Gasteiger partial charge in [-0.2, -0.15) is 0 Å². The Bertz CT molecular complexity index is 811. The molecule has 0 radical (unpaired) electrons. The van der Waals surface area contributed by atoms with E-state index in [2.05, 4.69) is 11.4 Å². The molecule has 2 aromatic rings. The second-order valence-electron chi connectivity index (χ2n) is 5.80. The van der Waals surface area contributed by atoms with Crippen LogP contribution < -0.4 is 10.1 Å². The Morgan fingerprint density at radius 2 is 1.92 bits per heavy atom. The first-order chi connectivity index (χ1) is 12.5. The molecular formula is C21H23NO4. The number of esters is 1. The molecule has 0 aliphatic carbocycles. The third-order valence-corrected chi connectivity index (χ3v) is 3.60. The van der Waals surface area contributed by atoms with Crippen LogP contribution in [0.15, 0.2) is 48.5 Å². The number of carbonyl (C=O) groups is 2. The van der Waals surface area contributed by atoms with Crippen molar-refractivity contribution >= 4 is 23.6 Å². The van der Waals surface area contributed by atoms with Crippen molar-refractivity contribution in [3.05, 3.63) is 65.2 Å². The second kappa shape index (κ2) is 9.42. The first-order valence-corrected chi connectivity index (χ1v) is 8.42. The van der Waals surface area contributed by atoms with E-state index < -0.39 is 5.97 Å². The van der Waals surface area contributed by atoms with Crippen molar-refractivity contribution in [2.24, 2.45) is 0 Å². The molecule has 0 bridgehead atoms. The molecule has 2 aromatic carbocycles. The highest BCUT2D eigenvalue weighted by Gasteiger charge is 2.05. The average Bonchev–Trinajstić information content (AvgIpc) is 2.60. The topological polar surface area (TPSA) is 64.6 Å². The first kappa shape index (κ1) is 19.2. The summed E-state index contributed by atoms with van der Waals surface area (Å²) in [5, 5.41) is 2.77. The van der Waals surface area contributed by atoms with Gasteiger partial charge in [-0.15, -0.1) is 0 Å². The number of hydrogen-bond acceptors (Lipinski definition) is 4. The smallest absolute Gasteiger partial charge is 0.344 e. The van der Waals surface area contributed by atoms with Gasteiger partial charge in [0.25, 0.3) is 0 Å². The van der Waals surface area contributed by atoms with Crippen molar-refractivity contribution in [2.45, 2.75) is 20.8 Å². The standard InChI is InChI=1S/C21H23NO4/c1-4-25-21(24)14-26-19-7-5-6-18(13-19)22-20(23)11-10-17-9-8-15(2)12-16(17)3/h5-13H,4,14H2,1-3H3,(H,22,23)/b11-10+. The molecule has 0 atom stereocenters. The fourth-order valence-electron chi connectivity index (χ4n) is 2.37. The van der Waals surface area contributed by atoms with Crippen molar-refractivity contribution in [3.63, 3.8) is 0 Å². The Morgan fingerprint density at radius 3 is 2.65 bits per heavy atom. The van der Waals surface area contributed by atoms with Crippen LogP contribution in [0.25, 0.3) is 6.08 Å². The number of ether oxygens (including phenoxy) is 2. The van der Waals surface area contributed by atoms with Gasteiger partial charge in [0.2, 0.25) is 5.91 Å². The van der Waals surface area contributed by atoms with Gasteiger partial charge >= 0.3 is 5.97 Å². The molecule has 0 aliphatic heterocycles. The van der Waals surface area contributed by atoms with Crippen molar-refractivity contribution in [3.8, 4) is 5.75 Å². The van der Waals surface area contributed by atoms with Crippen molar-refractivity contribution in [1.82, 2.24) is 0 Å². The summed E-state index contributed by atoms with van der Waals surface area (Å²) < 4.78 is 10.2. The van der Waals surface area contributed by atoms with Crippen molar-refractivity contribution < 1.29 is 19.1 Å². The van der Waals surface area contributed by atoms with Crippen molar-refractivity contribution in [2.75, 3.05) is 18.5 Å². The summed E-state index contributed by atoms with van der Waals surface area (Å²) in [5.41, 5.74) is 3.88. The number of hydrogen-bond donors (Lipinski definition) is 1. The number of rotatable bonds is 7. The Morgan fingerprint density at radius 1 is 1.12 bits per heavy atom. The van der Waals surface area contributed by atoms with Gasteiger partial charge in [0.15, 0.2) is 6.61 Å². The summed E-state index contributed by atoms with van der Waals surface area (Å²) in [6, 6.07) is 12.9. The summed E-state index contributed by atoms with van der Waals surface area (Å²) in [6.45, 7) is 5.92. The maximum Gasteiger partial charge on any atom is 0.344 e. The number of aryl methyl sites for hydroxylation is 2. The van der Waals surface area contributed by atoms with Crippen LogP contribution in [-0.4, -0.2) is 25.1 Å². The molecular weight excluding hydrogens is 330 g/mol. The van der Waals surface area contributed by atoms with E-state index in [4.69, 9.17) is 9.47 Å². The fourth-order valence-corrected chi connectivity index (χ4v) is 2.37. The molecule has 0 aromatic heterocycles. The van der Waals surface area contributed by atoms with E-state index in [1.54, 1.807) is 37.3 Å². The van der Waals surface area contributed by atoms with Crippen LogP contribution in [0.1, 0.15) is 23.6 Å². The molecule has 5 nitrogen and oxygen atoms in total. The monoisotopic (exact) mass is 353 g/mol. The molecule has 136 valence electrons. The molecule has 0 aliphatic rings. The van der Waals surface area contributed by atoms with Crippen LogP contribution in [0.5, 0.6) is 5.75 Å². The molecule has 0 unspecified atom stereocenters. The highest BCUT2D eigenvalue weighted by atomic mass is 16.6. The van der Waals surface area contributed by atoms with E-state index in [1.165, 1.54) is 11.6 Å². The third-order valence-electron chi connectivity index (χ3n) is 3.60. The molecule has 0 saturated carbocycles. The largest absolute Gasteiger partial charge is 0.482 e. The average molecular weight is 353 g/mol. The van der Waals surface area contributed by atoms with E-state index >= 15 is 0 Å². The molecule has 5 heteroatoms. The van der Waals surface area contributed by atoms with E-state index in [0.717, 1.165) is 11.1 Å². The van der Waals surface area contributed by atoms with Gasteiger partial charge in [0.05, 0.1) is 6.61 Å². The number of carbonyl (C=O) groups excluding carboxylic acids is 2. The molecule has 0 saturated heterocycles. The quantitative estimate of drug-likeness (QED) is 0.606. The highest BCUT2D eigenvalue weighted by Crippen LogP contribution is 2.18. The predicted molar refractivity (Wildman–Crippen MR) is 102 cm³/mol. The maximum atomic E-state index is 12.1. The summed E-state index contributed by atoms with van der Waals surface area (Å²) >= 11 is 0. The minimum absolute atomic E-state index is 0.169. The molecule has 26 heavy (non-hydrogen) atoms. The fraction of sp³-hybridized carbons (Fsp3) is 0.238. The van der Waals surface area contributed by atoms with Gasteiger partial charge in [-0.1, -0.05) is 29.8 Å². The lowest BCUT2D eigenvalue weighted by Gasteiger charge is -2.08. The van der Waals surface area contributed by atoms with Crippen LogP contribution in [0.3, 0.4) is 0 Å². The van der Waals surface area contributed by atoms with Gasteiger partial charge in [-0.3, -0.25) is 4.79 Å². The van der Waals surface area contributed by atoms with E-state index in [1.807, 2.05) is 26.0 Å². The molecule has 1 N–H and O–H groups in total. The maximum absolute atomic E-state index is 12.1. The Labute approximate surface area is 153 Å². The molecule has 0 heterocycles. The van der Waals surface area contributed by atoms with Gasteiger partial charge in [-0.25, -0.2) is 4.79 Å². The van der Waals surface area contributed by atoms with Crippen molar-refractivity contribution in [1.29, 1.82) is 0 Å². The van der Waals surface area contributed by atoms with E-state index in [9.17, 15) is 9.59 Å². The zero-order valence-corrected chi connectivity index (χ0v) is 15.2. The third kappa shape index (κ3) is 6.09. The van der Waals surface area contributed by atoms with Gasteiger partial charge in [-0.05, 0) is 50.1 Å². The SMILES string of the molecule is CCOC(=O)COc1cccc(NC(=O)/C=C/c2ccc(C)cc2C)c1. The van der Waals surface area contributed by atoms with Crippen LogP contribution in [-0.2, 0) is 14.3 Å². The Balaban J connectivity index is 1.95. The summed E-state index contributed by atoms with van der Waals surface area (Å²) in [4.78, 5) is 23.4. The summed E-state index contributed by atoms with van der Waals surface area (Å²) in [5.74, 6) is -0.194. The predicted octanol–water partition coefficient (Wildman–Crippen LogP) is 3.90. The zero-order chi connectivity index (χ0) is 18.9. The zero-order valence-electron chi connectivity index (χ0n) is 15.2. The lowest BCUT2D eigenvalue weighted by Crippen LogP contribution is -2.14. The van der Waals surface area contributed by atoms with Crippen LogP contribution >= 0.6 is 0 Å². The second-order valence-corrected chi connectivity index (χ2v) is 5.80. The first-order valence-electron chi connectivity index (χ1n) is 8.42. The lowest BCUT2D eigenvalue weighted by molar-refractivity contribution is -0.145. The summed E-state index contributed by atoms with van der Waals surface area (Å²) in [7, 11) is 0. The van der Waals surface area contributed by atoms with Crippen LogP contribution in [0.4, 0.5) is 5.69 Å². The summed E-state index contributed by atoms with van der Waals surface area (Å²) in [6.07, 6.45) is 3.27. The molecule has 1 amide bonds. The minimum atomic E-state index is -0.432. The number of nitrogens with one attached hydrogen (secondary N) is 1. The van der Waals surface area contributed by atoms with E-state index in [-0.39, 0.29) is 12.5 Å². The minimum Gasteiger partial charge on any atom is -0.482 e. The molecule has 0 spiro atoms. The van der Waals surface area contributed by atoms with Gasteiger partial charge in [0, 0.05) is 17.8 Å². The van der Waals surface area contributed by atoms with Gasteiger partial charge in [0.1, 0.15) is 5.75 Å². The molecule has 2 rings (SSSR count). The number of benzene rings is 2. The normalized spacial score (nSPS) is 10.6. The molecule has 0 fully saturated rings. The lowest BCUT2D eigenvalue weighted by atomic mass is 10.1. The van der Waals surface area contributed by atoms with Crippen LogP contribution in [0.2, 0.25) is 0 Å². The van der Waals surface area contributed by atoms with E-state index in [0.29, 0.717) is 18.0 Å². The Kier molecular flexibility index (Phi) is 6.97. The number of anilines is 1. The Hall–Kier alpha value is -3.08. The van der Waals surface area contributed by atoms with Gasteiger partial charge < -0.3 is 14.8 Å². The van der Waals surface area contributed by atoms with Crippen LogP contribution in [0, 0.1) is 13.8 Å². The number of amides is 1.